The van der Waals surface area contributed by atoms with E-state index in [0.717, 1.165) is 22.3 Å². The van der Waals surface area contributed by atoms with Gasteiger partial charge in [0.2, 0.25) is 0 Å². The Bertz CT molecular complexity index is 828. The number of ether oxygens (including phenoxy) is 4. The van der Waals surface area contributed by atoms with E-state index in [1.54, 1.807) is 28.4 Å². The minimum Gasteiger partial charge on any atom is -0.493 e. The predicted molar refractivity (Wildman–Crippen MR) is 104 cm³/mol. The Morgan fingerprint density at radius 2 is 0.808 bits per heavy atom. The lowest BCUT2D eigenvalue weighted by Crippen LogP contribution is -1.96. The molecule has 0 fully saturated rings. The smallest absolute Gasteiger partial charge is 0.168 e. The van der Waals surface area contributed by atoms with Gasteiger partial charge in [-0.3, -0.25) is 0 Å². The molecule has 4 nitrogen and oxygen atoms in total. The van der Waals surface area contributed by atoms with E-state index in [-0.39, 0.29) is 0 Å². The maximum Gasteiger partial charge on any atom is 0.168 e. The summed E-state index contributed by atoms with van der Waals surface area (Å²) in [6.45, 7) is 0. The average Bonchev–Trinajstić information content (AvgIpc) is 2.72. The van der Waals surface area contributed by atoms with Gasteiger partial charge in [0.25, 0.3) is 0 Å². The molecule has 0 aliphatic heterocycles. The molecular formula is C22H22O4. The zero-order valence-electron chi connectivity index (χ0n) is 15.4. The number of methoxy groups -OCH3 is 4. The Labute approximate surface area is 153 Å². The lowest BCUT2D eigenvalue weighted by molar-refractivity contribution is 0.356. The summed E-state index contributed by atoms with van der Waals surface area (Å²) in [5.41, 5.74) is 3.95. The van der Waals surface area contributed by atoms with Gasteiger partial charge in [-0.1, -0.05) is 48.5 Å². The molecule has 0 heterocycles. The molecule has 3 aromatic rings. The highest BCUT2D eigenvalue weighted by Gasteiger charge is 2.18. The Hall–Kier alpha value is -3.14. The van der Waals surface area contributed by atoms with Gasteiger partial charge in [0.05, 0.1) is 28.4 Å². The molecule has 0 saturated heterocycles. The molecule has 0 aliphatic carbocycles. The topological polar surface area (TPSA) is 36.9 Å². The number of benzene rings is 3. The van der Waals surface area contributed by atoms with E-state index in [1.807, 2.05) is 48.5 Å². The van der Waals surface area contributed by atoms with Crippen LogP contribution in [0.15, 0.2) is 60.7 Å². The molecule has 0 amide bonds. The van der Waals surface area contributed by atoms with Crippen molar-refractivity contribution in [2.24, 2.45) is 0 Å². The third-order valence-corrected chi connectivity index (χ3v) is 4.31. The van der Waals surface area contributed by atoms with Gasteiger partial charge in [0.15, 0.2) is 23.0 Å². The molecular weight excluding hydrogens is 328 g/mol. The molecule has 26 heavy (non-hydrogen) atoms. The fourth-order valence-electron chi connectivity index (χ4n) is 3.15. The van der Waals surface area contributed by atoms with Crippen LogP contribution >= 0.6 is 0 Å². The van der Waals surface area contributed by atoms with Crippen molar-refractivity contribution in [2.75, 3.05) is 28.4 Å². The maximum absolute atomic E-state index is 5.63. The van der Waals surface area contributed by atoms with Crippen LogP contribution < -0.4 is 18.9 Å². The van der Waals surface area contributed by atoms with Gasteiger partial charge < -0.3 is 18.9 Å². The van der Waals surface area contributed by atoms with Crippen LogP contribution in [0.3, 0.4) is 0 Å². The van der Waals surface area contributed by atoms with Crippen molar-refractivity contribution in [1.82, 2.24) is 0 Å². The second-order valence-electron chi connectivity index (χ2n) is 5.63. The second-order valence-corrected chi connectivity index (χ2v) is 5.63. The van der Waals surface area contributed by atoms with Crippen molar-refractivity contribution in [1.29, 1.82) is 0 Å². The highest BCUT2D eigenvalue weighted by atomic mass is 16.5. The van der Waals surface area contributed by atoms with Crippen molar-refractivity contribution in [3.8, 4) is 45.3 Å². The van der Waals surface area contributed by atoms with E-state index in [0.29, 0.717) is 23.0 Å². The summed E-state index contributed by atoms with van der Waals surface area (Å²) in [5, 5.41) is 0. The van der Waals surface area contributed by atoms with Gasteiger partial charge in [0, 0.05) is 11.1 Å². The van der Waals surface area contributed by atoms with Crippen LogP contribution in [0.5, 0.6) is 23.0 Å². The molecule has 0 N–H and O–H groups in total. The molecule has 3 aromatic carbocycles. The normalized spacial score (nSPS) is 10.3. The summed E-state index contributed by atoms with van der Waals surface area (Å²) in [6.07, 6.45) is 0. The number of para-hydroxylation sites is 2. The standard InChI is InChI=1S/C22H22O4/c1-23-19-13-7-11-17(21(19)25-3)15-9-5-6-10-16(15)18-12-8-14-20(24-2)22(18)26-4/h5-14H,1-4H3. The molecule has 4 heteroatoms. The Kier molecular flexibility index (Phi) is 5.32. The highest BCUT2D eigenvalue weighted by molar-refractivity contribution is 5.90. The van der Waals surface area contributed by atoms with Crippen LogP contribution in [-0.2, 0) is 0 Å². The fourth-order valence-corrected chi connectivity index (χ4v) is 3.15. The van der Waals surface area contributed by atoms with Crippen LogP contribution in [0.2, 0.25) is 0 Å². The first-order valence-corrected chi connectivity index (χ1v) is 8.26. The van der Waals surface area contributed by atoms with Crippen molar-refractivity contribution >= 4 is 0 Å². The van der Waals surface area contributed by atoms with E-state index in [2.05, 4.69) is 12.1 Å². The Morgan fingerprint density at radius 3 is 1.15 bits per heavy atom. The SMILES string of the molecule is COc1cccc(-c2ccccc2-c2cccc(OC)c2OC)c1OC. The largest absolute Gasteiger partial charge is 0.493 e. The van der Waals surface area contributed by atoms with Crippen LogP contribution in [-0.4, -0.2) is 28.4 Å². The highest BCUT2D eigenvalue weighted by Crippen LogP contribution is 2.45. The minimum atomic E-state index is 0.692. The molecule has 0 spiro atoms. The molecule has 134 valence electrons. The van der Waals surface area contributed by atoms with Gasteiger partial charge in [-0.2, -0.15) is 0 Å². The van der Waals surface area contributed by atoms with Gasteiger partial charge in [-0.15, -0.1) is 0 Å². The van der Waals surface area contributed by atoms with Crippen LogP contribution in [0, 0.1) is 0 Å². The second kappa shape index (κ2) is 7.83. The molecule has 0 radical (unpaired) electrons. The molecule has 0 aromatic heterocycles. The fraction of sp³-hybridized carbons (Fsp3) is 0.182. The third-order valence-electron chi connectivity index (χ3n) is 4.31. The lowest BCUT2D eigenvalue weighted by atomic mass is 9.93. The van der Waals surface area contributed by atoms with Gasteiger partial charge >= 0.3 is 0 Å². The molecule has 0 aliphatic rings. The third kappa shape index (κ3) is 3.06. The van der Waals surface area contributed by atoms with Crippen molar-refractivity contribution < 1.29 is 18.9 Å². The molecule has 0 atom stereocenters. The van der Waals surface area contributed by atoms with Gasteiger partial charge in [-0.05, 0) is 23.3 Å². The summed E-state index contributed by atoms with van der Waals surface area (Å²) in [6, 6.07) is 19.9. The molecule has 3 rings (SSSR count). The Morgan fingerprint density at radius 1 is 0.423 bits per heavy atom. The van der Waals surface area contributed by atoms with E-state index in [4.69, 9.17) is 18.9 Å². The quantitative estimate of drug-likeness (QED) is 0.623. The maximum atomic E-state index is 5.63. The number of hydrogen-bond acceptors (Lipinski definition) is 4. The van der Waals surface area contributed by atoms with Crippen LogP contribution in [0.1, 0.15) is 0 Å². The first-order chi connectivity index (χ1) is 12.7. The van der Waals surface area contributed by atoms with E-state index < -0.39 is 0 Å². The number of rotatable bonds is 6. The summed E-state index contributed by atoms with van der Waals surface area (Å²) in [4.78, 5) is 0. The van der Waals surface area contributed by atoms with Gasteiger partial charge in [0.1, 0.15) is 0 Å². The molecule has 0 unspecified atom stereocenters. The number of hydrogen-bond donors (Lipinski definition) is 0. The van der Waals surface area contributed by atoms with Gasteiger partial charge in [-0.25, -0.2) is 0 Å². The molecule has 0 bridgehead atoms. The molecule has 0 saturated carbocycles. The van der Waals surface area contributed by atoms with Crippen LogP contribution in [0.4, 0.5) is 0 Å². The summed E-state index contributed by atoms with van der Waals surface area (Å²) in [5.74, 6) is 2.78. The zero-order valence-corrected chi connectivity index (χ0v) is 15.4. The average molecular weight is 350 g/mol. The van der Waals surface area contributed by atoms with Crippen molar-refractivity contribution in [2.45, 2.75) is 0 Å². The first-order valence-electron chi connectivity index (χ1n) is 8.26. The Balaban J connectivity index is 2.27. The first kappa shape index (κ1) is 17.7. The van der Waals surface area contributed by atoms with E-state index >= 15 is 0 Å². The zero-order chi connectivity index (χ0) is 18.5. The van der Waals surface area contributed by atoms with Crippen LogP contribution in [0.25, 0.3) is 22.3 Å². The monoisotopic (exact) mass is 350 g/mol. The summed E-state index contributed by atoms with van der Waals surface area (Å²) in [7, 11) is 6.57. The van der Waals surface area contributed by atoms with E-state index in [9.17, 15) is 0 Å². The summed E-state index contributed by atoms with van der Waals surface area (Å²) < 4.78 is 22.2. The minimum absolute atomic E-state index is 0.692. The summed E-state index contributed by atoms with van der Waals surface area (Å²) >= 11 is 0. The van der Waals surface area contributed by atoms with Crippen molar-refractivity contribution in [3.63, 3.8) is 0 Å². The predicted octanol–water partition coefficient (Wildman–Crippen LogP) is 5.06. The van der Waals surface area contributed by atoms with Crippen molar-refractivity contribution in [3.05, 3.63) is 60.7 Å². The van der Waals surface area contributed by atoms with E-state index in [1.165, 1.54) is 0 Å². The lowest BCUT2D eigenvalue weighted by Gasteiger charge is -2.18.